The van der Waals surface area contributed by atoms with Crippen LogP contribution in [0.5, 0.6) is 0 Å². The number of carboxylic acid groups (broad SMARTS) is 1. The van der Waals surface area contributed by atoms with E-state index in [9.17, 15) is 18.8 Å². The number of anilines is 1. The number of hydrogen-bond donors (Lipinski definition) is 1. The van der Waals surface area contributed by atoms with Gasteiger partial charge in [-0.25, -0.2) is 14.1 Å². The molecule has 0 saturated carbocycles. The molecule has 1 heterocycles. The standard InChI is InChI=1S/C14H14FNO4/c1-14(2)6-11(17)16(12(18)7-14)10-4-3-8(15)5-9(10)13(19)20/h3-5H,6-7H2,1-2H3,(H,19,20). The SMILES string of the molecule is CC1(C)CC(=O)N(c2ccc(F)cc2C(=O)O)C(=O)C1. The summed E-state index contributed by atoms with van der Waals surface area (Å²) in [6, 6.07) is 2.98. The molecule has 1 aromatic rings. The fourth-order valence-electron chi connectivity index (χ4n) is 2.32. The van der Waals surface area contributed by atoms with Gasteiger partial charge in [0.15, 0.2) is 0 Å². The van der Waals surface area contributed by atoms with Crippen molar-refractivity contribution in [3.05, 3.63) is 29.6 Å². The van der Waals surface area contributed by atoms with Crippen LogP contribution in [-0.4, -0.2) is 22.9 Å². The van der Waals surface area contributed by atoms with Crippen molar-refractivity contribution in [3.8, 4) is 0 Å². The van der Waals surface area contributed by atoms with Gasteiger partial charge in [0.05, 0.1) is 11.3 Å². The summed E-state index contributed by atoms with van der Waals surface area (Å²) in [4.78, 5) is 36.2. The summed E-state index contributed by atoms with van der Waals surface area (Å²) >= 11 is 0. The van der Waals surface area contributed by atoms with Crippen LogP contribution in [0.15, 0.2) is 18.2 Å². The summed E-state index contributed by atoms with van der Waals surface area (Å²) < 4.78 is 13.1. The molecule has 0 atom stereocenters. The maximum Gasteiger partial charge on any atom is 0.337 e. The molecule has 106 valence electrons. The Morgan fingerprint density at radius 3 is 2.30 bits per heavy atom. The van der Waals surface area contributed by atoms with E-state index in [2.05, 4.69) is 0 Å². The Morgan fingerprint density at radius 2 is 1.80 bits per heavy atom. The Morgan fingerprint density at radius 1 is 1.25 bits per heavy atom. The first kappa shape index (κ1) is 14.2. The van der Waals surface area contributed by atoms with Gasteiger partial charge in [0.2, 0.25) is 11.8 Å². The molecular formula is C14H14FNO4. The van der Waals surface area contributed by atoms with E-state index in [1.165, 1.54) is 0 Å². The molecule has 0 unspecified atom stereocenters. The Hall–Kier alpha value is -2.24. The number of carboxylic acids is 1. The van der Waals surface area contributed by atoms with Gasteiger partial charge in [0.1, 0.15) is 5.82 Å². The van der Waals surface area contributed by atoms with E-state index in [-0.39, 0.29) is 18.5 Å². The third-order valence-electron chi connectivity index (χ3n) is 3.19. The minimum absolute atomic E-state index is 0.0793. The van der Waals surface area contributed by atoms with Crippen LogP contribution >= 0.6 is 0 Å². The van der Waals surface area contributed by atoms with Crippen molar-refractivity contribution in [2.75, 3.05) is 4.90 Å². The van der Waals surface area contributed by atoms with E-state index in [0.29, 0.717) is 0 Å². The quantitative estimate of drug-likeness (QED) is 0.842. The number of hydrogen-bond acceptors (Lipinski definition) is 3. The number of carbonyl (C=O) groups is 3. The zero-order chi connectivity index (χ0) is 15.1. The lowest BCUT2D eigenvalue weighted by Crippen LogP contribution is -2.46. The van der Waals surface area contributed by atoms with Gasteiger partial charge in [0.25, 0.3) is 0 Å². The molecule has 5 nitrogen and oxygen atoms in total. The van der Waals surface area contributed by atoms with Gasteiger partial charge in [-0.15, -0.1) is 0 Å². The summed E-state index contributed by atoms with van der Waals surface area (Å²) in [6.07, 6.45) is 0.268. The van der Waals surface area contributed by atoms with Gasteiger partial charge in [-0.2, -0.15) is 0 Å². The van der Waals surface area contributed by atoms with E-state index < -0.39 is 34.6 Å². The summed E-state index contributed by atoms with van der Waals surface area (Å²) in [6.45, 7) is 3.59. The van der Waals surface area contributed by atoms with Crippen LogP contribution in [0.1, 0.15) is 37.0 Å². The highest BCUT2D eigenvalue weighted by Gasteiger charge is 2.39. The third-order valence-corrected chi connectivity index (χ3v) is 3.19. The molecule has 1 aliphatic heterocycles. The van der Waals surface area contributed by atoms with Crippen LogP contribution < -0.4 is 4.90 Å². The van der Waals surface area contributed by atoms with E-state index in [1.807, 2.05) is 0 Å². The molecular weight excluding hydrogens is 265 g/mol. The number of aromatic carboxylic acids is 1. The maximum absolute atomic E-state index is 13.1. The monoisotopic (exact) mass is 279 g/mol. The molecule has 0 aliphatic carbocycles. The fraction of sp³-hybridized carbons (Fsp3) is 0.357. The molecule has 0 radical (unpaired) electrons. The van der Waals surface area contributed by atoms with Crippen molar-refractivity contribution < 1.29 is 23.9 Å². The average Bonchev–Trinajstić information content (AvgIpc) is 2.28. The zero-order valence-electron chi connectivity index (χ0n) is 11.1. The summed E-state index contributed by atoms with van der Waals surface area (Å²) in [7, 11) is 0. The average molecular weight is 279 g/mol. The van der Waals surface area contributed by atoms with Crippen molar-refractivity contribution in [1.29, 1.82) is 0 Å². The minimum Gasteiger partial charge on any atom is -0.478 e. The maximum atomic E-state index is 13.1. The highest BCUT2D eigenvalue weighted by atomic mass is 19.1. The van der Waals surface area contributed by atoms with Crippen LogP contribution in [0, 0.1) is 11.2 Å². The van der Waals surface area contributed by atoms with Crippen LogP contribution in [0.3, 0.4) is 0 Å². The van der Waals surface area contributed by atoms with Gasteiger partial charge >= 0.3 is 5.97 Å². The topological polar surface area (TPSA) is 74.7 Å². The van der Waals surface area contributed by atoms with Gasteiger partial charge in [0, 0.05) is 12.8 Å². The van der Waals surface area contributed by atoms with Crippen molar-refractivity contribution >= 4 is 23.5 Å². The molecule has 0 aromatic heterocycles. The fourth-order valence-corrected chi connectivity index (χ4v) is 2.32. The lowest BCUT2D eigenvalue weighted by molar-refractivity contribution is -0.132. The highest BCUT2D eigenvalue weighted by molar-refractivity contribution is 6.19. The number of benzene rings is 1. The van der Waals surface area contributed by atoms with Crippen molar-refractivity contribution in [2.45, 2.75) is 26.7 Å². The second-order valence-corrected chi connectivity index (χ2v) is 5.61. The Labute approximate surface area is 115 Å². The van der Waals surface area contributed by atoms with Crippen LogP contribution in [0.25, 0.3) is 0 Å². The smallest absolute Gasteiger partial charge is 0.337 e. The summed E-state index contributed by atoms with van der Waals surface area (Å²) in [5.41, 5.74) is -0.926. The Bertz CT molecular complexity index is 589. The number of nitrogens with zero attached hydrogens (tertiary/aromatic N) is 1. The van der Waals surface area contributed by atoms with Gasteiger partial charge in [-0.05, 0) is 23.6 Å². The zero-order valence-corrected chi connectivity index (χ0v) is 11.1. The first-order valence-electron chi connectivity index (χ1n) is 6.10. The second kappa shape index (κ2) is 4.70. The predicted octanol–water partition coefficient (Wildman–Crippen LogP) is 2.20. The summed E-state index contributed by atoms with van der Waals surface area (Å²) in [5.74, 6) is -3.06. The van der Waals surface area contributed by atoms with Gasteiger partial charge < -0.3 is 5.11 Å². The van der Waals surface area contributed by atoms with E-state index in [0.717, 1.165) is 23.1 Å². The van der Waals surface area contributed by atoms with Crippen molar-refractivity contribution in [2.24, 2.45) is 5.41 Å². The molecule has 1 aliphatic rings. The summed E-state index contributed by atoms with van der Waals surface area (Å²) in [5, 5.41) is 9.08. The van der Waals surface area contributed by atoms with Crippen LogP contribution in [0.2, 0.25) is 0 Å². The molecule has 6 heteroatoms. The Balaban J connectivity index is 2.49. The molecule has 2 amide bonds. The van der Waals surface area contributed by atoms with Gasteiger partial charge in [-0.3, -0.25) is 9.59 Å². The lowest BCUT2D eigenvalue weighted by atomic mass is 9.81. The molecule has 0 spiro atoms. The molecule has 1 aromatic carbocycles. The number of halogens is 1. The van der Waals surface area contributed by atoms with E-state index >= 15 is 0 Å². The second-order valence-electron chi connectivity index (χ2n) is 5.61. The number of carbonyl (C=O) groups excluding carboxylic acids is 2. The number of imide groups is 1. The van der Waals surface area contributed by atoms with Crippen molar-refractivity contribution in [1.82, 2.24) is 0 Å². The largest absolute Gasteiger partial charge is 0.478 e. The predicted molar refractivity (Wildman–Crippen MR) is 68.9 cm³/mol. The number of amides is 2. The molecule has 2 rings (SSSR count). The highest BCUT2D eigenvalue weighted by Crippen LogP contribution is 2.35. The molecule has 1 fully saturated rings. The van der Waals surface area contributed by atoms with Crippen LogP contribution in [0.4, 0.5) is 10.1 Å². The molecule has 0 bridgehead atoms. The van der Waals surface area contributed by atoms with E-state index in [4.69, 9.17) is 5.11 Å². The normalized spacial score (nSPS) is 18.2. The van der Waals surface area contributed by atoms with E-state index in [1.54, 1.807) is 13.8 Å². The Kier molecular flexibility index (Phi) is 3.33. The van der Waals surface area contributed by atoms with Crippen molar-refractivity contribution in [3.63, 3.8) is 0 Å². The number of piperidine rings is 1. The molecule has 20 heavy (non-hydrogen) atoms. The number of rotatable bonds is 2. The van der Waals surface area contributed by atoms with Crippen LogP contribution in [-0.2, 0) is 9.59 Å². The molecule has 1 N–H and O–H groups in total. The minimum atomic E-state index is -1.38. The first-order valence-corrected chi connectivity index (χ1v) is 6.10. The third kappa shape index (κ3) is 2.54. The lowest BCUT2D eigenvalue weighted by Gasteiger charge is -2.35. The molecule has 1 saturated heterocycles. The van der Waals surface area contributed by atoms with Gasteiger partial charge in [-0.1, -0.05) is 13.8 Å². The first-order chi connectivity index (χ1) is 9.21.